The van der Waals surface area contributed by atoms with Gasteiger partial charge in [-0.1, -0.05) is 223 Å². The van der Waals surface area contributed by atoms with E-state index in [1.165, 1.54) is 19.3 Å². The molecule has 5 nitrogen and oxygen atoms in total. The second-order valence-corrected chi connectivity index (χ2v) is 17.3. The SMILES string of the molecule is CC/C=C\C/C=C\C/C=C\C/C=C\C/C=C\CCCCCC(=O)OCC(COCC/C=C\C/C=C\C/C=C\C/C=C\C/C=C\CC)OC(=O)CCCCCCCC/C=C\C/C=C\C/C=C\C/C=C\CC. The van der Waals surface area contributed by atoms with Gasteiger partial charge in [-0.05, 0) is 135 Å². The van der Waals surface area contributed by atoms with E-state index in [0.29, 0.717) is 19.4 Å². The van der Waals surface area contributed by atoms with Crippen LogP contribution in [0.4, 0.5) is 0 Å². The van der Waals surface area contributed by atoms with Gasteiger partial charge in [-0.3, -0.25) is 9.59 Å². The van der Waals surface area contributed by atoms with Gasteiger partial charge in [0, 0.05) is 12.8 Å². The molecule has 0 heterocycles. The van der Waals surface area contributed by atoms with Gasteiger partial charge in [-0.25, -0.2) is 0 Å². The van der Waals surface area contributed by atoms with Gasteiger partial charge in [0.2, 0.25) is 0 Å². The summed E-state index contributed by atoms with van der Waals surface area (Å²) in [6.45, 7) is 7.20. The lowest BCUT2D eigenvalue weighted by Crippen LogP contribution is -2.30. The van der Waals surface area contributed by atoms with Crippen LogP contribution in [0.15, 0.2) is 170 Å². The molecule has 0 radical (unpaired) electrons. The van der Waals surface area contributed by atoms with Crippen molar-refractivity contribution >= 4 is 11.9 Å². The van der Waals surface area contributed by atoms with Crippen LogP contribution >= 0.6 is 0 Å². The molecule has 0 aromatic rings. The van der Waals surface area contributed by atoms with Gasteiger partial charge in [-0.15, -0.1) is 0 Å². The molecular formula is C65H100O5. The number of hydrogen-bond acceptors (Lipinski definition) is 5. The summed E-state index contributed by atoms with van der Waals surface area (Å²) in [6.07, 6.45) is 88.2. The Morgan fingerprint density at radius 1 is 0.314 bits per heavy atom. The molecule has 0 saturated heterocycles. The van der Waals surface area contributed by atoms with Crippen LogP contribution in [0.1, 0.15) is 201 Å². The highest BCUT2D eigenvalue weighted by molar-refractivity contribution is 5.70. The predicted molar refractivity (Wildman–Crippen MR) is 306 cm³/mol. The van der Waals surface area contributed by atoms with E-state index in [-0.39, 0.29) is 25.2 Å². The average molecular weight is 962 g/mol. The second-order valence-electron chi connectivity index (χ2n) is 17.3. The molecule has 0 amide bonds. The van der Waals surface area contributed by atoms with Crippen molar-refractivity contribution < 1.29 is 23.8 Å². The van der Waals surface area contributed by atoms with E-state index in [1.807, 2.05) is 0 Å². The third-order valence-corrected chi connectivity index (χ3v) is 10.7. The molecule has 0 aliphatic rings. The molecule has 0 rings (SSSR count). The lowest BCUT2D eigenvalue weighted by Gasteiger charge is -2.18. The molecule has 0 fully saturated rings. The molecule has 70 heavy (non-hydrogen) atoms. The third kappa shape index (κ3) is 55.9. The van der Waals surface area contributed by atoms with Crippen molar-refractivity contribution in [2.24, 2.45) is 0 Å². The van der Waals surface area contributed by atoms with Crippen molar-refractivity contribution in [3.63, 3.8) is 0 Å². The molecule has 0 aliphatic heterocycles. The maximum absolute atomic E-state index is 12.9. The van der Waals surface area contributed by atoms with Crippen molar-refractivity contribution in [2.75, 3.05) is 19.8 Å². The Hall–Kier alpha value is -4.74. The molecule has 0 saturated carbocycles. The van der Waals surface area contributed by atoms with E-state index in [0.717, 1.165) is 148 Å². The number of allylic oxidation sites excluding steroid dienone is 27. The van der Waals surface area contributed by atoms with E-state index in [4.69, 9.17) is 14.2 Å². The first-order chi connectivity index (χ1) is 34.6. The van der Waals surface area contributed by atoms with Crippen molar-refractivity contribution in [3.8, 4) is 0 Å². The molecule has 1 atom stereocenters. The van der Waals surface area contributed by atoms with Crippen LogP contribution < -0.4 is 0 Å². The van der Waals surface area contributed by atoms with Crippen molar-refractivity contribution in [1.29, 1.82) is 0 Å². The summed E-state index contributed by atoms with van der Waals surface area (Å²) in [7, 11) is 0. The van der Waals surface area contributed by atoms with Crippen molar-refractivity contribution in [2.45, 2.75) is 207 Å². The minimum atomic E-state index is -0.613. The Labute approximate surface area is 430 Å². The highest BCUT2D eigenvalue weighted by atomic mass is 16.6. The van der Waals surface area contributed by atoms with Crippen molar-refractivity contribution in [1.82, 2.24) is 0 Å². The summed E-state index contributed by atoms with van der Waals surface area (Å²) in [5.74, 6) is -0.506. The molecular weight excluding hydrogens is 861 g/mol. The molecule has 0 bridgehead atoms. The molecule has 0 aromatic heterocycles. The minimum absolute atomic E-state index is 0.0194. The molecule has 0 aliphatic carbocycles. The topological polar surface area (TPSA) is 61.8 Å². The molecule has 1 unspecified atom stereocenters. The van der Waals surface area contributed by atoms with Gasteiger partial charge >= 0.3 is 11.9 Å². The fourth-order valence-corrected chi connectivity index (χ4v) is 6.77. The summed E-state index contributed by atoms with van der Waals surface area (Å²) in [6, 6.07) is 0. The summed E-state index contributed by atoms with van der Waals surface area (Å²) in [5.41, 5.74) is 0. The van der Waals surface area contributed by atoms with E-state index >= 15 is 0 Å². The van der Waals surface area contributed by atoms with E-state index in [1.54, 1.807) is 0 Å². The average Bonchev–Trinajstić information content (AvgIpc) is 3.36. The zero-order valence-electron chi connectivity index (χ0n) is 44.7. The van der Waals surface area contributed by atoms with E-state index in [2.05, 4.69) is 191 Å². The maximum atomic E-state index is 12.9. The van der Waals surface area contributed by atoms with Crippen LogP contribution in [-0.4, -0.2) is 37.9 Å². The zero-order chi connectivity index (χ0) is 50.6. The summed E-state index contributed by atoms with van der Waals surface area (Å²) in [5, 5.41) is 0. The van der Waals surface area contributed by atoms with Gasteiger partial charge in [0.25, 0.3) is 0 Å². The lowest BCUT2D eigenvalue weighted by atomic mass is 10.1. The molecule has 390 valence electrons. The Morgan fingerprint density at radius 2 is 0.600 bits per heavy atom. The smallest absolute Gasteiger partial charge is 0.306 e. The fraction of sp³-hybridized carbons (Fsp3) is 0.538. The van der Waals surface area contributed by atoms with Crippen LogP contribution in [0.2, 0.25) is 0 Å². The number of ether oxygens (including phenoxy) is 3. The predicted octanol–water partition coefficient (Wildman–Crippen LogP) is 19.2. The van der Waals surface area contributed by atoms with Gasteiger partial charge in [0.1, 0.15) is 6.61 Å². The number of unbranched alkanes of at least 4 members (excludes halogenated alkanes) is 9. The highest BCUT2D eigenvalue weighted by Gasteiger charge is 2.17. The van der Waals surface area contributed by atoms with Crippen LogP contribution in [0.25, 0.3) is 0 Å². The van der Waals surface area contributed by atoms with Gasteiger partial charge in [0.15, 0.2) is 6.10 Å². The van der Waals surface area contributed by atoms with E-state index < -0.39 is 6.10 Å². The van der Waals surface area contributed by atoms with Crippen LogP contribution in [0, 0.1) is 0 Å². The van der Waals surface area contributed by atoms with E-state index in [9.17, 15) is 9.59 Å². The molecule has 0 N–H and O–H groups in total. The van der Waals surface area contributed by atoms with Crippen LogP contribution in [0.5, 0.6) is 0 Å². The number of rotatable bonds is 48. The number of esters is 2. The summed E-state index contributed by atoms with van der Waals surface area (Å²) >= 11 is 0. The number of hydrogen-bond donors (Lipinski definition) is 0. The lowest BCUT2D eigenvalue weighted by molar-refractivity contribution is -0.162. The van der Waals surface area contributed by atoms with Crippen LogP contribution in [0.3, 0.4) is 0 Å². The summed E-state index contributed by atoms with van der Waals surface area (Å²) < 4.78 is 17.3. The second kappa shape index (κ2) is 58.6. The maximum Gasteiger partial charge on any atom is 0.306 e. The highest BCUT2D eigenvalue weighted by Crippen LogP contribution is 2.12. The Balaban J connectivity index is 4.51. The standard InChI is InChI=1S/C65H100O5/c1-4-7-10-13-16-19-22-25-28-31-33-35-37-40-43-46-49-52-55-58-64(66)69-62-63(61-68-60-57-54-51-48-45-42-39-30-27-24-21-18-15-12-9-6-3)70-65(67)59-56-53-50-47-44-41-38-36-34-32-29-26-23-20-17-14-11-8-5-2/h7-12,16-21,25-30,33-36,40,42-43,45,51,54,63H,4-6,13-15,22-24,31-32,37-39,41,44,46-50,52-53,55-62H2,1-3H3/b10-7-,11-8-,12-9-,19-16-,20-17-,21-18-,28-25-,29-26-,30-27-,35-33-,36-34-,43-40-,45-42-,54-51-. The monoisotopic (exact) mass is 961 g/mol. The third-order valence-electron chi connectivity index (χ3n) is 10.7. The Kier molecular flexibility index (Phi) is 54.6. The fourth-order valence-electron chi connectivity index (χ4n) is 6.77. The Bertz CT molecular complexity index is 1600. The number of carbonyl (C=O) groups excluding carboxylic acids is 2. The normalized spacial score (nSPS) is 13.6. The molecule has 0 spiro atoms. The minimum Gasteiger partial charge on any atom is -0.462 e. The zero-order valence-corrected chi connectivity index (χ0v) is 44.7. The van der Waals surface area contributed by atoms with Crippen molar-refractivity contribution in [3.05, 3.63) is 170 Å². The first-order valence-electron chi connectivity index (χ1n) is 27.7. The van der Waals surface area contributed by atoms with Gasteiger partial charge < -0.3 is 14.2 Å². The first kappa shape index (κ1) is 65.3. The van der Waals surface area contributed by atoms with Gasteiger partial charge in [0.05, 0.1) is 13.2 Å². The van der Waals surface area contributed by atoms with Crippen LogP contribution in [-0.2, 0) is 23.8 Å². The largest absolute Gasteiger partial charge is 0.462 e. The number of carbonyl (C=O) groups is 2. The Morgan fingerprint density at radius 3 is 0.971 bits per heavy atom. The first-order valence-corrected chi connectivity index (χ1v) is 27.7. The summed E-state index contributed by atoms with van der Waals surface area (Å²) in [4.78, 5) is 25.5. The van der Waals surface area contributed by atoms with Gasteiger partial charge in [-0.2, -0.15) is 0 Å². The quantitative estimate of drug-likeness (QED) is 0.0345. The molecule has 0 aromatic carbocycles. The molecule has 5 heteroatoms.